The van der Waals surface area contributed by atoms with Crippen molar-refractivity contribution < 1.29 is 52.3 Å². The van der Waals surface area contributed by atoms with Crippen LogP contribution >= 0.6 is 0 Å². The highest BCUT2D eigenvalue weighted by Gasteiger charge is 2.26. The summed E-state index contributed by atoms with van der Waals surface area (Å²) in [5.41, 5.74) is 0. The zero-order valence-corrected chi connectivity index (χ0v) is 31.4. The van der Waals surface area contributed by atoms with Crippen molar-refractivity contribution in [1.82, 2.24) is 0 Å². The molecule has 0 amide bonds. The lowest BCUT2D eigenvalue weighted by Gasteiger charge is -2.32. The normalized spacial score (nSPS) is 12.1. The average Bonchev–Trinajstić information content (AvgIpc) is 2.96. The number of rotatable bonds is 32. The molecule has 6 nitrogen and oxygen atoms in total. The Bertz CT molecular complexity index is 616. The van der Waals surface area contributed by atoms with Crippen LogP contribution in [-0.4, -0.2) is 70.0 Å². The van der Waals surface area contributed by atoms with Gasteiger partial charge >= 0.3 is 11.9 Å². The van der Waals surface area contributed by atoms with E-state index in [0.717, 1.165) is 32.2 Å². The van der Waals surface area contributed by atoms with Gasteiger partial charge in [-0.05, 0) is 12.8 Å². The van der Waals surface area contributed by atoms with E-state index in [2.05, 4.69) is 27.9 Å². The smallest absolute Gasteiger partial charge is 0.306 e. The van der Waals surface area contributed by atoms with Gasteiger partial charge in [-0.15, -0.1) is 0 Å². The second-order valence-electron chi connectivity index (χ2n) is 13.2. The number of ether oxygens (including phenoxy) is 3. The first-order chi connectivity index (χ1) is 20.3. The van der Waals surface area contributed by atoms with Crippen LogP contribution in [0.3, 0.4) is 0 Å². The van der Waals surface area contributed by atoms with E-state index in [1.807, 2.05) is 0 Å². The second kappa shape index (κ2) is 33.0. The zero-order chi connectivity index (χ0) is 31.2. The van der Waals surface area contributed by atoms with E-state index >= 15 is 0 Å². The molecule has 0 N–H and O–H groups in total. The quantitative estimate of drug-likeness (QED) is 0.0340. The molecule has 0 aliphatic rings. The molecule has 0 heterocycles. The number of quaternary nitrogens is 1. The Morgan fingerprint density at radius 1 is 0.581 bits per heavy atom. The highest BCUT2D eigenvalue weighted by molar-refractivity contribution is 5.70. The van der Waals surface area contributed by atoms with Crippen molar-refractivity contribution in [2.45, 2.75) is 174 Å². The lowest BCUT2D eigenvalue weighted by Crippen LogP contribution is -3.00. The van der Waals surface area contributed by atoms with Crippen molar-refractivity contribution in [1.29, 1.82) is 0 Å². The third kappa shape index (κ3) is 32.8. The predicted molar refractivity (Wildman–Crippen MR) is 177 cm³/mol. The number of esters is 2. The molecule has 0 aliphatic heterocycles. The van der Waals surface area contributed by atoms with Crippen molar-refractivity contribution >= 4 is 11.9 Å². The summed E-state index contributed by atoms with van der Waals surface area (Å²) in [4.78, 5) is 25.1. The molecule has 7 heteroatoms. The standard InChI is InChI=1S/C36H72NO5.HI/c1-6-8-10-12-14-16-18-20-22-24-26-28-35(38)41-33-34(32-37(3,4)30-31-40-5)42-36(39)29-27-25-23-21-19-17-15-13-11-9-7-2;/h34H,6-33H2,1-5H3;1H/q+1;/p-1. The Hall–Kier alpha value is -0.410. The minimum atomic E-state index is -0.432. The van der Waals surface area contributed by atoms with Crippen molar-refractivity contribution in [3.05, 3.63) is 0 Å². The van der Waals surface area contributed by atoms with Crippen molar-refractivity contribution in [2.24, 2.45) is 0 Å². The van der Waals surface area contributed by atoms with Crippen molar-refractivity contribution in [2.75, 3.05) is 47.5 Å². The van der Waals surface area contributed by atoms with E-state index in [1.54, 1.807) is 7.11 Å². The van der Waals surface area contributed by atoms with Gasteiger partial charge in [0.2, 0.25) is 0 Å². The Kier molecular flexibility index (Phi) is 34.3. The van der Waals surface area contributed by atoms with Gasteiger partial charge in [0.25, 0.3) is 0 Å². The van der Waals surface area contributed by atoms with E-state index in [9.17, 15) is 9.59 Å². The highest BCUT2D eigenvalue weighted by atomic mass is 127. The first kappa shape index (κ1) is 44.7. The average molecular weight is 726 g/mol. The number of carbonyl (C=O) groups is 2. The molecular formula is C36H72INO5. The van der Waals surface area contributed by atoms with Gasteiger partial charge in [-0.3, -0.25) is 9.59 Å². The topological polar surface area (TPSA) is 61.8 Å². The van der Waals surface area contributed by atoms with Crippen LogP contribution in [0.2, 0.25) is 0 Å². The molecule has 43 heavy (non-hydrogen) atoms. The minimum absolute atomic E-state index is 0. The molecule has 0 saturated heterocycles. The van der Waals surface area contributed by atoms with Crippen LogP contribution in [0, 0.1) is 0 Å². The highest BCUT2D eigenvalue weighted by Crippen LogP contribution is 2.14. The summed E-state index contributed by atoms with van der Waals surface area (Å²) in [6.45, 7) is 6.68. The monoisotopic (exact) mass is 725 g/mol. The lowest BCUT2D eigenvalue weighted by atomic mass is 10.1. The third-order valence-corrected chi connectivity index (χ3v) is 8.30. The number of halogens is 1. The molecule has 0 saturated carbocycles. The van der Waals surface area contributed by atoms with E-state index in [-0.39, 0.29) is 42.5 Å². The summed E-state index contributed by atoms with van der Waals surface area (Å²) < 4.78 is 17.3. The van der Waals surface area contributed by atoms with E-state index in [1.165, 1.54) is 116 Å². The van der Waals surface area contributed by atoms with E-state index < -0.39 is 6.10 Å². The molecule has 0 rings (SSSR count). The maximum Gasteiger partial charge on any atom is 0.306 e. The lowest BCUT2D eigenvalue weighted by molar-refractivity contribution is -0.893. The number of methoxy groups -OCH3 is 1. The number of likely N-dealkylation sites (N-methyl/N-ethyl adjacent to an activating group) is 1. The van der Waals surface area contributed by atoms with Gasteiger partial charge in [0, 0.05) is 20.0 Å². The number of nitrogens with zero attached hydrogens (tertiary/aromatic N) is 1. The maximum atomic E-state index is 12.6. The fourth-order valence-electron chi connectivity index (χ4n) is 5.47. The molecule has 1 unspecified atom stereocenters. The zero-order valence-electron chi connectivity index (χ0n) is 29.2. The van der Waals surface area contributed by atoms with Gasteiger partial charge in [0.1, 0.15) is 19.7 Å². The van der Waals surface area contributed by atoms with Gasteiger partial charge in [0.05, 0.1) is 20.7 Å². The Morgan fingerprint density at radius 3 is 1.35 bits per heavy atom. The number of hydrogen-bond donors (Lipinski definition) is 0. The summed E-state index contributed by atoms with van der Waals surface area (Å²) in [5, 5.41) is 0. The predicted octanol–water partition coefficient (Wildman–Crippen LogP) is 6.57. The molecule has 0 aromatic heterocycles. The van der Waals surface area contributed by atoms with Crippen LogP contribution in [0.4, 0.5) is 0 Å². The summed E-state index contributed by atoms with van der Waals surface area (Å²) in [7, 11) is 5.88. The van der Waals surface area contributed by atoms with Gasteiger partial charge < -0.3 is 42.7 Å². The fraction of sp³-hybridized carbons (Fsp3) is 0.944. The number of unbranched alkanes of at least 4 members (excludes halogenated alkanes) is 20. The Balaban J connectivity index is 0. The molecule has 0 radical (unpaired) electrons. The van der Waals surface area contributed by atoms with Crippen LogP contribution in [0.1, 0.15) is 168 Å². The molecule has 1 atom stereocenters. The summed E-state index contributed by atoms with van der Waals surface area (Å²) >= 11 is 0. The second-order valence-corrected chi connectivity index (χ2v) is 13.2. The molecule has 0 spiro atoms. The van der Waals surface area contributed by atoms with Gasteiger partial charge in [0.15, 0.2) is 6.10 Å². The molecular weight excluding hydrogens is 653 g/mol. The first-order valence-corrected chi connectivity index (χ1v) is 18.0. The maximum absolute atomic E-state index is 12.6. The van der Waals surface area contributed by atoms with Crippen LogP contribution in [-0.2, 0) is 23.8 Å². The van der Waals surface area contributed by atoms with Gasteiger partial charge in [-0.1, -0.05) is 142 Å². The van der Waals surface area contributed by atoms with Crippen LogP contribution in [0.15, 0.2) is 0 Å². The van der Waals surface area contributed by atoms with Crippen LogP contribution in [0.25, 0.3) is 0 Å². The fourth-order valence-corrected chi connectivity index (χ4v) is 5.47. The summed E-state index contributed by atoms with van der Waals surface area (Å²) in [6.07, 6.45) is 28.0. The molecule has 0 aromatic rings. The summed E-state index contributed by atoms with van der Waals surface area (Å²) in [6, 6.07) is 0. The Morgan fingerprint density at radius 2 is 0.953 bits per heavy atom. The first-order valence-electron chi connectivity index (χ1n) is 18.0. The molecule has 0 aliphatic carbocycles. The molecule has 0 bridgehead atoms. The number of carbonyl (C=O) groups excluding carboxylic acids is 2. The third-order valence-electron chi connectivity index (χ3n) is 8.30. The number of hydrogen-bond acceptors (Lipinski definition) is 5. The van der Waals surface area contributed by atoms with Gasteiger partial charge in [-0.2, -0.15) is 0 Å². The minimum Gasteiger partial charge on any atom is -1.00 e. The summed E-state index contributed by atoms with van der Waals surface area (Å²) in [5.74, 6) is -0.358. The van der Waals surface area contributed by atoms with Crippen molar-refractivity contribution in [3.63, 3.8) is 0 Å². The van der Waals surface area contributed by atoms with Crippen LogP contribution in [0.5, 0.6) is 0 Å². The van der Waals surface area contributed by atoms with E-state index in [4.69, 9.17) is 14.2 Å². The van der Waals surface area contributed by atoms with E-state index in [0.29, 0.717) is 30.5 Å². The molecule has 0 fully saturated rings. The largest absolute Gasteiger partial charge is 1.00 e. The SMILES string of the molecule is CCCCCCCCCCCCCC(=O)OCC(C[N+](C)(C)CCOC)OC(=O)CCCCCCCCCCCCC.[I-]. The van der Waals surface area contributed by atoms with Gasteiger partial charge in [-0.25, -0.2) is 0 Å². The molecule has 0 aromatic carbocycles. The molecule has 258 valence electrons. The Labute approximate surface area is 284 Å². The van der Waals surface area contributed by atoms with Crippen molar-refractivity contribution in [3.8, 4) is 0 Å². The van der Waals surface area contributed by atoms with Crippen LogP contribution < -0.4 is 24.0 Å².